The van der Waals surface area contributed by atoms with Crippen LogP contribution in [-0.2, 0) is 25.7 Å². The molecule has 12 heteroatoms. The maximum Gasteiger partial charge on any atom is 0.379 e. The number of fused-ring (bicyclic) bond motifs is 1. The maximum absolute atomic E-state index is 12.5. The Morgan fingerprint density at radius 2 is 1.56 bits per heavy atom. The first-order valence-electron chi connectivity index (χ1n) is 11.8. The molecule has 2 aromatic carbocycles. The van der Waals surface area contributed by atoms with Gasteiger partial charge in [0.05, 0.1) is 6.54 Å². The topological polar surface area (TPSA) is 174 Å². The van der Waals surface area contributed by atoms with Crippen molar-refractivity contribution in [2.75, 3.05) is 6.54 Å². The van der Waals surface area contributed by atoms with Crippen LogP contribution in [0.25, 0.3) is 10.8 Å². The van der Waals surface area contributed by atoms with E-state index in [1.807, 2.05) is 0 Å². The van der Waals surface area contributed by atoms with E-state index in [4.69, 9.17) is 25.0 Å². The summed E-state index contributed by atoms with van der Waals surface area (Å²) in [5.41, 5.74) is 5.46. The number of benzene rings is 2. The van der Waals surface area contributed by atoms with Crippen molar-refractivity contribution in [3.63, 3.8) is 0 Å². The van der Waals surface area contributed by atoms with Gasteiger partial charge in [0.2, 0.25) is 17.6 Å². The van der Waals surface area contributed by atoms with Crippen molar-refractivity contribution < 1.29 is 33.1 Å². The highest BCUT2D eigenvalue weighted by Crippen LogP contribution is 2.23. The number of furan rings is 1. The van der Waals surface area contributed by atoms with Crippen LogP contribution in [0.4, 0.5) is 0 Å². The zero-order chi connectivity index (χ0) is 27.9. The lowest BCUT2D eigenvalue weighted by Gasteiger charge is -2.19. The van der Waals surface area contributed by atoms with E-state index in [9.17, 15) is 19.2 Å². The third kappa shape index (κ3) is 9.78. The lowest BCUT2D eigenvalue weighted by molar-refractivity contribution is -0.154. The molecule has 208 valence electrons. The molecule has 5 N–H and O–H groups in total. The van der Waals surface area contributed by atoms with Crippen LogP contribution in [0.5, 0.6) is 5.75 Å². The summed E-state index contributed by atoms with van der Waals surface area (Å²) in [6.45, 7) is 4.91. The van der Waals surface area contributed by atoms with E-state index in [0.29, 0.717) is 17.1 Å². The zero-order valence-electron chi connectivity index (χ0n) is 21.8. The monoisotopic (exact) mass is 558 g/mol. The van der Waals surface area contributed by atoms with Crippen LogP contribution in [0.15, 0.2) is 52.9 Å². The number of amides is 2. The summed E-state index contributed by atoms with van der Waals surface area (Å²) in [6.07, 6.45) is -0.197. The van der Waals surface area contributed by atoms with Crippen LogP contribution in [0.3, 0.4) is 0 Å². The van der Waals surface area contributed by atoms with Crippen molar-refractivity contribution in [1.82, 2.24) is 10.6 Å². The van der Waals surface area contributed by atoms with Gasteiger partial charge in [0.1, 0.15) is 29.5 Å². The largest absolute Gasteiger partial charge is 0.459 e. The van der Waals surface area contributed by atoms with Gasteiger partial charge in [-0.3, -0.25) is 19.8 Å². The van der Waals surface area contributed by atoms with E-state index in [2.05, 4.69) is 10.6 Å². The van der Waals surface area contributed by atoms with E-state index >= 15 is 0 Å². The summed E-state index contributed by atoms with van der Waals surface area (Å²) in [6, 6.07) is 13.3. The molecule has 0 saturated heterocycles. The number of nitrogen functional groups attached to an aromatic ring is 1. The number of nitrogens with one attached hydrogen (secondary N) is 3. The molecule has 0 unspecified atom stereocenters. The van der Waals surface area contributed by atoms with Crippen molar-refractivity contribution in [2.45, 2.75) is 45.8 Å². The molecule has 3 rings (SSSR count). The van der Waals surface area contributed by atoms with Crippen LogP contribution < -0.4 is 21.1 Å². The second-order valence-electron chi connectivity index (χ2n) is 9.43. The number of halogens is 1. The average molecular weight is 559 g/mol. The number of hydrogen-bond donors (Lipinski definition) is 4. The summed E-state index contributed by atoms with van der Waals surface area (Å²) in [4.78, 5) is 48.0. The van der Waals surface area contributed by atoms with E-state index in [1.54, 1.807) is 57.2 Å². The number of esters is 2. The second kappa shape index (κ2) is 13.4. The SMILES string of the molecule is CC(C)(C)OC(=O)CNC(=O)CCC(=O)NCc1ccc(C(=O)Oc2ccc3cc(C(=N)N)ccc3c2)o1.Cl. The van der Waals surface area contributed by atoms with E-state index in [0.717, 1.165) is 10.8 Å². The fourth-order valence-electron chi connectivity index (χ4n) is 3.33. The fourth-order valence-corrected chi connectivity index (χ4v) is 3.33. The normalized spacial score (nSPS) is 10.7. The first kappa shape index (κ1) is 30.8. The molecule has 2 amide bonds. The predicted octanol–water partition coefficient (Wildman–Crippen LogP) is 3.21. The molecule has 0 aliphatic rings. The van der Waals surface area contributed by atoms with Crippen molar-refractivity contribution in [3.05, 3.63) is 65.6 Å². The molecule has 3 aromatic rings. The Balaban J connectivity index is 0.00000533. The van der Waals surface area contributed by atoms with Crippen LogP contribution >= 0.6 is 12.4 Å². The Kier molecular flexibility index (Phi) is 10.6. The molecular formula is C27H31ClN4O7. The Morgan fingerprint density at radius 3 is 2.23 bits per heavy atom. The molecule has 11 nitrogen and oxygen atoms in total. The molecule has 0 fully saturated rings. The van der Waals surface area contributed by atoms with Crippen molar-refractivity contribution in [2.24, 2.45) is 5.73 Å². The van der Waals surface area contributed by atoms with Gasteiger partial charge in [-0.2, -0.15) is 0 Å². The van der Waals surface area contributed by atoms with E-state index in [1.165, 1.54) is 12.1 Å². The molecule has 0 atom stereocenters. The van der Waals surface area contributed by atoms with Crippen LogP contribution in [0.1, 0.15) is 55.5 Å². The van der Waals surface area contributed by atoms with E-state index in [-0.39, 0.29) is 49.9 Å². The Bertz CT molecular complexity index is 1380. The van der Waals surface area contributed by atoms with Gasteiger partial charge in [0.25, 0.3) is 0 Å². The minimum Gasteiger partial charge on any atom is -0.459 e. The number of hydrogen-bond acceptors (Lipinski definition) is 8. The highest BCUT2D eigenvalue weighted by Gasteiger charge is 2.18. The summed E-state index contributed by atoms with van der Waals surface area (Å²) in [5.74, 6) is -1.56. The summed E-state index contributed by atoms with van der Waals surface area (Å²) in [7, 11) is 0. The highest BCUT2D eigenvalue weighted by atomic mass is 35.5. The predicted molar refractivity (Wildman–Crippen MR) is 146 cm³/mol. The minimum absolute atomic E-state index is 0. The molecule has 1 heterocycles. The smallest absolute Gasteiger partial charge is 0.379 e. The third-order valence-electron chi connectivity index (χ3n) is 5.08. The number of carbonyl (C=O) groups excluding carboxylic acids is 4. The second-order valence-corrected chi connectivity index (χ2v) is 9.43. The molecule has 0 bridgehead atoms. The van der Waals surface area contributed by atoms with Crippen molar-refractivity contribution >= 4 is 52.8 Å². The van der Waals surface area contributed by atoms with Gasteiger partial charge in [-0.25, -0.2) is 4.79 Å². The lowest BCUT2D eigenvalue weighted by atomic mass is 10.1. The first-order valence-corrected chi connectivity index (χ1v) is 11.8. The van der Waals surface area contributed by atoms with Gasteiger partial charge in [-0.1, -0.05) is 18.2 Å². The summed E-state index contributed by atoms with van der Waals surface area (Å²) in [5, 5.41) is 14.2. The van der Waals surface area contributed by atoms with Crippen LogP contribution in [-0.4, -0.2) is 41.7 Å². The molecule has 0 aliphatic heterocycles. The number of ether oxygens (including phenoxy) is 2. The average Bonchev–Trinajstić information content (AvgIpc) is 3.33. The molecule has 39 heavy (non-hydrogen) atoms. The maximum atomic E-state index is 12.5. The van der Waals surface area contributed by atoms with E-state index < -0.39 is 29.4 Å². The van der Waals surface area contributed by atoms with Gasteiger partial charge in [-0.15, -0.1) is 12.4 Å². The van der Waals surface area contributed by atoms with Gasteiger partial charge in [-0.05, 0) is 61.9 Å². The lowest BCUT2D eigenvalue weighted by Crippen LogP contribution is -2.35. The first-order chi connectivity index (χ1) is 17.9. The minimum atomic E-state index is -0.705. The van der Waals surface area contributed by atoms with Crippen molar-refractivity contribution in [3.8, 4) is 5.75 Å². The number of rotatable bonds is 10. The third-order valence-corrected chi connectivity index (χ3v) is 5.08. The van der Waals surface area contributed by atoms with Gasteiger partial charge < -0.3 is 30.3 Å². The van der Waals surface area contributed by atoms with Crippen LogP contribution in [0, 0.1) is 5.41 Å². The molecular weight excluding hydrogens is 528 g/mol. The molecule has 0 aliphatic carbocycles. The molecule has 1 aromatic heterocycles. The highest BCUT2D eigenvalue weighted by molar-refractivity contribution is 5.99. The molecule has 0 radical (unpaired) electrons. The Labute approximate surface area is 231 Å². The van der Waals surface area contributed by atoms with Crippen LogP contribution in [0.2, 0.25) is 0 Å². The number of carbonyl (C=O) groups is 4. The van der Waals surface area contributed by atoms with Gasteiger partial charge >= 0.3 is 11.9 Å². The Morgan fingerprint density at radius 1 is 0.923 bits per heavy atom. The number of nitrogens with two attached hydrogens (primary N) is 1. The molecule has 0 saturated carbocycles. The zero-order valence-corrected chi connectivity index (χ0v) is 22.6. The van der Waals surface area contributed by atoms with Gasteiger partial charge in [0, 0.05) is 18.4 Å². The fraction of sp³-hybridized carbons (Fsp3) is 0.296. The summed E-state index contributed by atoms with van der Waals surface area (Å²) >= 11 is 0. The van der Waals surface area contributed by atoms with Crippen molar-refractivity contribution in [1.29, 1.82) is 5.41 Å². The Hall–Kier alpha value is -4.38. The summed E-state index contributed by atoms with van der Waals surface area (Å²) < 4.78 is 16.0. The molecule has 0 spiro atoms. The number of amidine groups is 1. The van der Waals surface area contributed by atoms with Gasteiger partial charge in [0.15, 0.2) is 0 Å². The quantitative estimate of drug-likeness (QED) is 0.127. The standard InChI is InChI=1S/C27H30N4O7.ClH/c1-27(2,3)38-24(34)15-31-23(33)11-10-22(32)30-14-20-8-9-21(36-20)26(35)37-19-7-6-16-12-18(25(28)29)5-4-17(16)13-19;/h4-9,12-13H,10-11,14-15H2,1-3H3,(H3,28,29)(H,30,32)(H,31,33);1H.